The van der Waals surface area contributed by atoms with Crippen molar-refractivity contribution in [2.24, 2.45) is 0 Å². The summed E-state index contributed by atoms with van der Waals surface area (Å²) in [7, 11) is 1.49. The van der Waals surface area contributed by atoms with Gasteiger partial charge in [-0.2, -0.15) is 0 Å². The highest BCUT2D eigenvalue weighted by molar-refractivity contribution is 7.47. The van der Waals surface area contributed by atoms with Gasteiger partial charge in [0.25, 0.3) is 0 Å². The predicted molar refractivity (Wildman–Crippen MR) is 201 cm³/mol. The molecule has 2 atom stereocenters. The summed E-state index contributed by atoms with van der Waals surface area (Å²) in [5.41, 5.74) is 0. The van der Waals surface area contributed by atoms with Crippen molar-refractivity contribution in [1.29, 1.82) is 0 Å². The minimum absolute atomic E-state index is 0.0363. The summed E-state index contributed by atoms with van der Waals surface area (Å²) in [6, 6.07) is 0. The van der Waals surface area contributed by atoms with E-state index in [0.29, 0.717) is 17.4 Å². The fourth-order valence-corrected chi connectivity index (χ4v) is 6.40. The number of carbonyl (C=O) groups excluding carboxylic acids is 2. The van der Waals surface area contributed by atoms with Crippen LogP contribution < -0.4 is 0 Å². The first kappa shape index (κ1) is 48.0. The van der Waals surface area contributed by atoms with Gasteiger partial charge in [-0.05, 0) is 12.8 Å². The molecule has 0 aromatic carbocycles. The van der Waals surface area contributed by atoms with Gasteiger partial charge in [0.05, 0.1) is 27.7 Å². The van der Waals surface area contributed by atoms with Crippen molar-refractivity contribution >= 4 is 19.8 Å². The minimum atomic E-state index is -4.36. The molecule has 0 amide bonds. The molecule has 0 rings (SSSR count). The zero-order valence-electron chi connectivity index (χ0n) is 32.7. The molecule has 1 N–H and O–H groups in total. The maximum Gasteiger partial charge on any atom is 0.472 e. The summed E-state index contributed by atoms with van der Waals surface area (Å²) in [5, 5.41) is 0. The normalized spacial score (nSPS) is 13.7. The number of rotatable bonds is 37. The van der Waals surface area contributed by atoms with Crippen LogP contribution in [0.1, 0.15) is 187 Å². The Bertz CT molecular complexity index is 819. The molecule has 0 spiro atoms. The van der Waals surface area contributed by atoms with Gasteiger partial charge in [-0.1, -0.05) is 162 Å². The third-order valence-electron chi connectivity index (χ3n) is 8.89. The number of quaternary nitrogens is 1. The zero-order chi connectivity index (χ0) is 36.5. The fraction of sp³-hybridized carbons (Fsp3) is 0.949. The standard InChI is InChI=1S/C39H78NO8P/c1-6-8-10-12-14-16-17-18-19-20-21-22-23-24-26-28-30-32-39(42)48-37(36-47-49(43,44)46-34-33-40(3,4)5)35-45-38(41)31-29-27-25-15-13-11-9-7-2/h37H,6-36H2,1-5H3/p+1/t37-/m1/s1. The second kappa shape index (κ2) is 32.9. The molecule has 0 bridgehead atoms. The number of phosphoric ester groups is 1. The lowest BCUT2D eigenvalue weighted by Crippen LogP contribution is -2.37. The molecule has 1 unspecified atom stereocenters. The first-order chi connectivity index (χ1) is 23.5. The van der Waals surface area contributed by atoms with E-state index in [1.165, 1.54) is 122 Å². The van der Waals surface area contributed by atoms with E-state index in [1.54, 1.807) is 0 Å². The van der Waals surface area contributed by atoms with Crippen molar-refractivity contribution in [2.75, 3.05) is 47.5 Å². The summed E-state index contributed by atoms with van der Waals surface area (Å²) in [6.45, 7) is 4.41. The number of unbranched alkanes of at least 4 members (excludes halogenated alkanes) is 23. The quantitative estimate of drug-likeness (QED) is 0.0292. The van der Waals surface area contributed by atoms with Gasteiger partial charge in [-0.15, -0.1) is 0 Å². The highest BCUT2D eigenvalue weighted by Gasteiger charge is 2.27. The second-order valence-electron chi connectivity index (χ2n) is 15.0. The average molecular weight is 721 g/mol. The highest BCUT2D eigenvalue weighted by atomic mass is 31.2. The van der Waals surface area contributed by atoms with Crippen LogP contribution in [0.4, 0.5) is 0 Å². The number of nitrogens with zero attached hydrogens (tertiary/aromatic N) is 1. The van der Waals surface area contributed by atoms with E-state index in [0.717, 1.165) is 38.5 Å². The number of phosphoric acid groups is 1. The van der Waals surface area contributed by atoms with Gasteiger partial charge in [0.1, 0.15) is 19.8 Å². The van der Waals surface area contributed by atoms with Crippen molar-refractivity contribution in [2.45, 2.75) is 193 Å². The number of carbonyl (C=O) groups is 2. The first-order valence-corrected chi connectivity index (χ1v) is 21.8. The van der Waals surface area contributed by atoms with Gasteiger partial charge in [-0.25, -0.2) is 4.57 Å². The Morgan fingerprint density at radius 2 is 0.918 bits per heavy atom. The van der Waals surface area contributed by atoms with Crippen molar-refractivity contribution in [3.05, 3.63) is 0 Å². The van der Waals surface area contributed by atoms with Crippen molar-refractivity contribution < 1.29 is 42.1 Å². The number of hydrogen-bond donors (Lipinski definition) is 1. The molecule has 0 aliphatic carbocycles. The van der Waals surface area contributed by atoms with Crippen molar-refractivity contribution in [1.82, 2.24) is 0 Å². The van der Waals surface area contributed by atoms with Crippen LogP contribution in [0.5, 0.6) is 0 Å². The molecule has 10 heteroatoms. The maximum atomic E-state index is 12.6. The fourth-order valence-electron chi connectivity index (χ4n) is 5.66. The zero-order valence-corrected chi connectivity index (χ0v) is 33.6. The van der Waals surface area contributed by atoms with E-state index < -0.39 is 26.5 Å². The maximum absolute atomic E-state index is 12.6. The smallest absolute Gasteiger partial charge is 0.462 e. The SMILES string of the molecule is CCCCCCCCCCCCCCCCCCCC(=O)O[C@H](COC(=O)CCCCCCCCCC)COP(=O)(O)OCC[N+](C)(C)C. The molecule has 0 aliphatic heterocycles. The third-order valence-corrected chi connectivity index (χ3v) is 9.87. The van der Waals surface area contributed by atoms with E-state index in [1.807, 2.05) is 21.1 Å². The monoisotopic (exact) mass is 721 g/mol. The molecule has 0 aromatic rings. The summed E-state index contributed by atoms with van der Waals surface area (Å²) >= 11 is 0. The lowest BCUT2D eigenvalue weighted by molar-refractivity contribution is -0.870. The topological polar surface area (TPSA) is 108 Å². The van der Waals surface area contributed by atoms with Gasteiger partial charge >= 0.3 is 19.8 Å². The van der Waals surface area contributed by atoms with Gasteiger partial charge in [-0.3, -0.25) is 18.6 Å². The highest BCUT2D eigenvalue weighted by Crippen LogP contribution is 2.43. The van der Waals surface area contributed by atoms with Crippen LogP contribution in [0.25, 0.3) is 0 Å². The van der Waals surface area contributed by atoms with Crippen LogP contribution in [0.2, 0.25) is 0 Å². The molecule has 0 aliphatic rings. The largest absolute Gasteiger partial charge is 0.472 e. The molecule has 0 saturated heterocycles. The van der Waals surface area contributed by atoms with Gasteiger partial charge in [0, 0.05) is 12.8 Å². The minimum Gasteiger partial charge on any atom is -0.462 e. The van der Waals surface area contributed by atoms with Gasteiger partial charge in [0.2, 0.25) is 0 Å². The summed E-state index contributed by atoms with van der Waals surface area (Å²) < 4.78 is 34.1. The molecular formula is C39H79NO8P+. The van der Waals surface area contributed by atoms with Crippen LogP contribution >= 0.6 is 7.82 Å². The molecule has 0 aromatic heterocycles. The number of likely N-dealkylation sites (N-methyl/N-ethyl adjacent to an activating group) is 1. The van der Waals surface area contributed by atoms with Gasteiger partial charge in [0.15, 0.2) is 6.10 Å². The Morgan fingerprint density at radius 1 is 0.551 bits per heavy atom. The molecule has 0 heterocycles. The van der Waals surface area contributed by atoms with Crippen LogP contribution in [0.15, 0.2) is 0 Å². The van der Waals surface area contributed by atoms with Crippen molar-refractivity contribution in [3.8, 4) is 0 Å². The molecular weight excluding hydrogens is 641 g/mol. The van der Waals surface area contributed by atoms with E-state index in [2.05, 4.69) is 13.8 Å². The molecule has 0 radical (unpaired) electrons. The molecule has 0 saturated carbocycles. The third kappa shape index (κ3) is 36.6. The van der Waals surface area contributed by atoms with E-state index in [9.17, 15) is 19.0 Å². The average Bonchev–Trinajstić information content (AvgIpc) is 3.04. The molecule has 9 nitrogen and oxygen atoms in total. The first-order valence-electron chi connectivity index (χ1n) is 20.3. The Hall–Kier alpha value is -0.990. The Labute approximate surface area is 302 Å². The van der Waals surface area contributed by atoms with Gasteiger partial charge < -0.3 is 18.9 Å². The predicted octanol–water partition coefficient (Wildman–Crippen LogP) is 10.9. The summed E-state index contributed by atoms with van der Waals surface area (Å²) in [4.78, 5) is 35.1. The lowest BCUT2D eigenvalue weighted by Gasteiger charge is -2.24. The van der Waals surface area contributed by atoms with E-state index >= 15 is 0 Å². The van der Waals surface area contributed by atoms with Crippen molar-refractivity contribution in [3.63, 3.8) is 0 Å². The van der Waals surface area contributed by atoms with Crippen LogP contribution in [-0.2, 0) is 32.7 Å². The Morgan fingerprint density at radius 3 is 1.31 bits per heavy atom. The van der Waals surface area contributed by atoms with Crippen LogP contribution in [-0.4, -0.2) is 74.9 Å². The lowest BCUT2D eigenvalue weighted by atomic mass is 10.0. The van der Waals surface area contributed by atoms with E-state index in [-0.39, 0.29) is 25.6 Å². The van der Waals surface area contributed by atoms with Crippen LogP contribution in [0.3, 0.4) is 0 Å². The Kier molecular flexibility index (Phi) is 32.2. The second-order valence-corrected chi connectivity index (χ2v) is 16.5. The molecule has 49 heavy (non-hydrogen) atoms. The number of esters is 2. The number of ether oxygens (including phenoxy) is 2. The summed E-state index contributed by atoms with van der Waals surface area (Å²) in [5.74, 6) is -0.793. The van der Waals surface area contributed by atoms with E-state index in [4.69, 9.17) is 18.5 Å². The number of hydrogen-bond acceptors (Lipinski definition) is 7. The molecule has 292 valence electrons. The molecule has 0 fully saturated rings. The summed E-state index contributed by atoms with van der Waals surface area (Å²) in [6.07, 6.45) is 30.1. The van der Waals surface area contributed by atoms with Crippen LogP contribution in [0, 0.1) is 0 Å². The Balaban J connectivity index is 4.29.